The number of nitrogens with one attached hydrogen (secondary N) is 1. The Morgan fingerprint density at radius 2 is 1.92 bits per heavy atom. The molecule has 0 aliphatic heterocycles. The zero-order chi connectivity index (χ0) is 10.2. The number of rotatable bonds is 3. The molecule has 74 valence electrons. The lowest BCUT2D eigenvalue weighted by Gasteiger charge is -2.01. The molecule has 0 heterocycles. The number of carboxylic acid groups (broad SMARTS) is 1. The summed E-state index contributed by atoms with van der Waals surface area (Å²) in [5, 5.41) is 8.76. The number of hydrogen-bond donors (Lipinski definition) is 2. The maximum absolute atomic E-state index is 11.2. The van der Waals surface area contributed by atoms with Crippen LogP contribution in [0.25, 0.3) is 0 Å². The van der Waals surface area contributed by atoms with Crippen LogP contribution in [0.4, 0.5) is 0 Å². The fraction of sp³-hybridized carbons (Fsp3) is 0.750. The van der Waals surface area contributed by atoms with Crippen molar-refractivity contribution in [3.8, 4) is 0 Å². The van der Waals surface area contributed by atoms with Crippen LogP contribution in [0.3, 0.4) is 0 Å². The lowest BCUT2D eigenvalue weighted by molar-refractivity contribution is -0.142. The second-order valence-electron chi connectivity index (χ2n) is 3.79. The van der Waals surface area contributed by atoms with Crippen LogP contribution in [-0.4, -0.2) is 24.1 Å². The van der Waals surface area contributed by atoms with Crippen LogP contribution in [-0.2, 0) is 14.4 Å². The predicted octanol–water partition coefficient (Wildman–Crippen LogP) is 0.0208. The third kappa shape index (κ3) is 1.51. The number of carbonyl (C=O) groups excluding carboxylic acids is 1. The minimum absolute atomic E-state index is 0.361. The monoisotopic (exact) mass is 187 g/mol. The summed E-state index contributed by atoms with van der Waals surface area (Å²) in [6.07, 6.45) is 0. The molecule has 1 rings (SSSR count). The Morgan fingerprint density at radius 3 is 2.23 bits per heavy atom. The summed E-state index contributed by atoms with van der Waals surface area (Å²) < 4.78 is 0. The molecule has 1 aliphatic rings. The molecule has 5 nitrogen and oxygen atoms in total. The Morgan fingerprint density at radius 1 is 1.38 bits per heavy atom. The van der Waals surface area contributed by atoms with E-state index in [1.165, 1.54) is 7.11 Å². The summed E-state index contributed by atoms with van der Waals surface area (Å²) in [6.45, 7) is 3.51. The van der Waals surface area contributed by atoms with Crippen LogP contribution in [0, 0.1) is 17.3 Å². The van der Waals surface area contributed by atoms with E-state index in [-0.39, 0.29) is 5.91 Å². The normalized spacial score (nSPS) is 29.5. The SMILES string of the molecule is CONC(=O)[C@H]1[C@@H](C(=O)O)C1(C)C. The van der Waals surface area contributed by atoms with Crippen LogP contribution in [0.1, 0.15) is 13.8 Å². The molecule has 1 fully saturated rings. The lowest BCUT2D eigenvalue weighted by Crippen LogP contribution is -2.26. The van der Waals surface area contributed by atoms with Gasteiger partial charge in [0.05, 0.1) is 18.9 Å². The Kier molecular flexibility index (Phi) is 2.30. The highest BCUT2D eigenvalue weighted by atomic mass is 16.6. The molecule has 0 aromatic carbocycles. The van der Waals surface area contributed by atoms with Gasteiger partial charge in [0.1, 0.15) is 0 Å². The molecule has 0 aromatic heterocycles. The molecule has 2 atom stereocenters. The minimum Gasteiger partial charge on any atom is -0.481 e. The van der Waals surface area contributed by atoms with Gasteiger partial charge in [-0.1, -0.05) is 13.8 Å². The maximum Gasteiger partial charge on any atom is 0.307 e. The average Bonchev–Trinajstić information content (AvgIpc) is 2.54. The largest absolute Gasteiger partial charge is 0.481 e. The molecule has 0 bridgehead atoms. The smallest absolute Gasteiger partial charge is 0.307 e. The minimum atomic E-state index is -0.929. The standard InChI is InChI=1S/C8H13NO4/c1-8(2)4(5(8)7(11)12)6(10)9-13-3/h4-5H,1-3H3,(H,9,10)(H,11,12)/t4-,5+/m1/s1. The first-order chi connectivity index (χ1) is 5.92. The summed E-state index contributed by atoms with van der Waals surface area (Å²) in [5.41, 5.74) is 1.68. The molecular weight excluding hydrogens is 174 g/mol. The number of aliphatic carboxylic acids is 1. The quantitative estimate of drug-likeness (QED) is 0.611. The van der Waals surface area contributed by atoms with E-state index in [0.717, 1.165) is 0 Å². The third-order valence-corrected chi connectivity index (χ3v) is 2.58. The Balaban J connectivity index is 2.65. The fourth-order valence-electron chi connectivity index (χ4n) is 1.75. The summed E-state index contributed by atoms with van der Waals surface area (Å²) in [4.78, 5) is 26.3. The van der Waals surface area contributed by atoms with E-state index < -0.39 is 23.2 Å². The summed E-state index contributed by atoms with van der Waals surface area (Å²) in [6, 6.07) is 0. The molecule has 1 amide bonds. The second-order valence-corrected chi connectivity index (χ2v) is 3.79. The van der Waals surface area contributed by atoms with E-state index in [1.807, 2.05) is 0 Å². The lowest BCUT2D eigenvalue weighted by atomic mass is 10.1. The van der Waals surface area contributed by atoms with Crippen molar-refractivity contribution in [3.05, 3.63) is 0 Å². The molecule has 0 radical (unpaired) electrons. The van der Waals surface area contributed by atoms with E-state index in [2.05, 4.69) is 10.3 Å². The Labute approximate surface area is 76.0 Å². The van der Waals surface area contributed by atoms with E-state index in [1.54, 1.807) is 13.8 Å². The van der Waals surface area contributed by atoms with Crippen LogP contribution in [0.5, 0.6) is 0 Å². The molecule has 1 saturated carbocycles. The molecule has 0 aromatic rings. The molecule has 5 heteroatoms. The summed E-state index contributed by atoms with van der Waals surface area (Å²) in [5.74, 6) is -2.37. The van der Waals surface area contributed by atoms with Gasteiger partial charge in [-0.2, -0.15) is 0 Å². The van der Waals surface area contributed by atoms with Crippen LogP contribution >= 0.6 is 0 Å². The topological polar surface area (TPSA) is 75.6 Å². The number of carboxylic acids is 1. The number of hydrogen-bond acceptors (Lipinski definition) is 3. The van der Waals surface area contributed by atoms with Gasteiger partial charge in [-0.05, 0) is 5.41 Å². The van der Waals surface area contributed by atoms with E-state index >= 15 is 0 Å². The molecule has 0 spiro atoms. The first-order valence-corrected chi connectivity index (χ1v) is 3.98. The van der Waals surface area contributed by atoms with Crippen molar-refractivity contribution < 1.29 is 19.5 Å². The first kappa shape index (κ1) is 9.98. The van der Waals surface area contributed by atoms with Crippen molar-refractivity contribution in [2.75, 3.05) is 7.11 Å². The number of carbonyl (C=O) groups is 2. The molecule has 2 N–H and O–H groups in total. The molecular formula is C8H13NO4. The van der Waals surface area contributed by atoms with Crippen molar-refractivity contribution in [1.82, 2.24) is 5.48 Å². The summed E-state index contributed by atoms with van der Waals surface area (Å²) >= 11 is 0. The zero-order valence-corrected chi connectivity index (χ0v) is 7.83. The Bertz CT molecular complexity index is 249. The average molecular weight is 187 g/mol. The zero-order valence-electron chi connectivity index (χ0n) is 7.83. The molecule has 0 unspecified atom stereocenters. The van der Waals surface area contributed by atoms with Crippen LogP contribution < -0.4 is 5.48 Å². The van der Waals surface area contributed by atoms with Gasteiger partial charge in [0, 0.05) is 0 Å². The predicted molar refractivity (Wildman–Crippen MR) is 43.5 cm³/mol. The highest BCUT2D eigenvalue weighted by molar-refractivity contribution is 5.91. The Hall–Kier alpha value is -1.10. The molecule has 13 heavy (non-hydrogen) atoms. The summed E-state index contributed by atoms with van der Waals surface area (Å²) in [7, 11) is 1.32. The van der Waals surface area contributed by atoms with Crippen LogP contribution in [0.15, 0.2) is 0 Å². The van der Waals surface area contributed by atoms with Gasteiger partial charge in [0.25, 0.3) is 0 Å². The van der Waals surface area contributed by atoms with Gasteiger partial charge < -0.3 is 5.11 Å². The number of hydroxylamine groups is 1. The van der Waals surface area contributed by atoms with Gasteiger partial charge in [0.2, 0.25) is 5.91 Å². The van der Waals surface area contributed by atoms with E-state index in [0.29, 0.717) is 0 Å². The highest BCUT2D eigenvalue weighted by Crippen LogP contribution is 2.58. The highest BCUT2D eigenvalue weighted by Gasteiger charge is 2.66. The maximum atomic E-state index is 11.2. The van der Waals surface area contributed by atoms with Crippen molar-refractivity contribution in [3.63, 3.8) is 0 Å². The van der Waals surface area contributed by atoms with E-state index in [4.69, 9.17) is 5.11 Å². The van der Waals surface area contributed by atoms with Gasteiger partial charge >= 0.3 is 5.97 Å². The third-order valence-electron chi connectivity index (χ3n) is 2.58. The van der Waals surface area contributed by atoms with Gasteiger partial charge in [-0.3, -0.25) is 14.4 Å². The molecule has 1 aliphatic carbocycles. The van der Waals surface area contributed by atoms with Crippen molar-refractivity contribution in [2.45, 2.75) is 13.8 Å². The van der Waals surface area contributed by atoms with Crippen LogP contribution in [0.2, 0.25) is 0 Å². The van der Waals surface area contributed by atoms with Gasteiger partial charge in [-0.25, -0.2) is 5.48 Å². The first-order valence-electron chi connectivity index (χ1n) is 3.98. The van der Waals surface area contributed by atoms with Gasteiger partial charge in [-0.15, -0.1) is 0 Å². The van der Waals surface area contributed by atoms with Crippen molar-refractivity contribution in [1.29, 1.82) is 0 Å². The second kappa shape index (κ2) is 2.99. The number of amides is 1. The van der Waals surface area contributed by atoms with Crippen molar-refractivity contribution >= 4 is 11.9 Å². The fourth-order valence-corrected chi connectivity index (χ4v) is 1.75. The van der Waals surface area contributed by atoms with E-state index in [9.17, 15) is 9.59 Å². The van der Waals surface area contributed by atoms with Crippen molar-refractivity contribution in [2.24, 2.45) is 17.3 Å². The van der Waals surface area contributed by atoms with Gasteiger partial charge in [0.15, 0.2) is 0 Å². The molecule has 0 saturated heterocycles.